The molecule has 0 amide bonds. The number of fused-ring (bicyclic) bond motifs is 1. The molecule has 2 heterocycles. The van der Waals surface area contributed by atoms with Crippen LogP contribution in [0.5, 0.6) is 0 Å². The standard InChI is InChI=1S/C8H11N5O4S/c9-7-6-8(11-3-10-7)13(4-12-6)1-2-17-5-18(14,15)16/h3-4H,1-2,5H2,(H2,9,10,11)(H,14,15,16). The van der Waals surface area contributed by atoms with E-state index in [0.717, 1.165) is 0 Å². The average molecular weight is 273 g/mol. The number of rotatable bonds is 5. The van der Waals surface area contributed by atoms with Crippen molar-refractivity contribution < 1.29 is 17.7 Å². The van der Waals surface area contributed by atoms with Crippen LogP contribution >= 0.6 is 0 Å². The lowest BCUT2D eigenvalue weighted by Crippen LogP contribution is -2.12. The fourth-order valence-electron chi connectivity index (χ4n) is 1.39. The molecular weight excluding hydrogens is 262 g/mol. The minimum absolute atomic E-state index is 0.0924. The first-order valence-electron chi connectivity index (χ1n) is 4.91. The van der Waals surface area contributed by atoms with E-state index in [9.17, 15) is 8.42 Å². The lowest BCUT2D eigenvalue weighted by atomic mass is 10.5. The monoisotopic (exact) mass is 273 g/mol. The maximum atomic E-state index is 10.4. The van der Waals surface area contributed by atoms with E-state index >= 15 is 0 Å². The van der Waals surface area contributed by atoms with Crippen LogP contribution in [-0.2, 0) is 21.4 Å². The molecule has 3 N–H and O–H groups in total. The molecule has 0 atom stereocenters. The number of hydrogen-bond acceptors (Lipinski definition) is 7. The van der Waals surface area contributed by atoms with Gasteiger partial charge in [0.15, 0.2) is 17.4 Å². The van der Waals surface area contributed by atoms with Gasteiger partial charge in [-0.3, -0.25) is 4.55 Å². The van der Waals surface area contributed by atoms with Gasteiger partial charge in [-0.15, -0.1) is 0 Å². The second kappa shape index (κ2) is 4.84. The second-order valence-electron chi connectivity index (χ2n) is 3.48. The summed E-state index contributed by atoms with van der Waals surface area (Å²) in [6, 6.07) is 0. The largest absolute Gasteiger partial charge is 0.382 e. The van der Waals surface area contributed by atoms with Gasteiger partial charge in [0.05, 0.1) is 12.9 Å². The molecule has 0 radical (unpaired) electrons. The molecule has 2 aromatic rings. The number of nitrogens with two attached hydrogens (primary N) is 1. The minimum atomic E-state index is -4.11. The normalized spacial score (nSPS) is 12.1. The van der Waals surface area contributed by atoms with Crippen LogP contribution in [0.25, 0.3) is 11.2 Å². The van der Waals surface area contributed by atoms with E-state index in [0.29, 0.717) is 17.7 Å². The molecule has 0 aliphatic heterocycles. The summed E-state index contributed by atoms with van der Waals surface area (Å²) >= 11 is 0. The van der Waals surface area contributed by atoms with Crippen LogP contribution in [-0.4, -0.2) is 45.0 Å². The first kappa shape index (κ1) is 12.7. The molecule has 2 aromatic heterocycles. The van der Waals surface area contributed by atoms with Gasteiger partial charge in [0.1, 0.15) is 11.8 Å². The fourth-order valence-corrected chi connectivity index (χ4v) is 1.72. The van der Waals surface area contributed by atoms with Crippen LogP contribution in [0.4, 0.5) is 5.82 Å². The predicted octanol–water partition coefficient (Wildman–Crippen LogP) is -0.730. The van der Waals surface area contributed by atoms with Crippen LogP contribution in [0, 0.1) is 0 Å². The molecule has 9 nitrogen and oxygen atoms in total. The molecular formula is C8H11N5O4S. The molecule has 0 spiro atoms. The Morgan fingerprint density at radius 2 is 2.17 bits per heavy atom. The van der Waals surface area contributed by atoms with E-state index in [1.54, 1.807) is 4.57 Å². The zero-order valence-electron chi connectivity index (χ0n) is 9.22. The van der Waals surface area contributed by atoms with Crippen molar-refractivity contribution in [3.8, 4) is 0 Å². The van der Waals surface area contributed by atoms with E-state index in [1.807, 2.05) is 0 Å². The summed E-state index contributed by atoms with van der Waals surface area (Å²) in [6.07, 6.45) is 2.82. The van der Waals surface area contributed by atoms with Crippen LogP contribution in [0.2, 0.25) is 0 Å². The maximum absolute atomic E-state index is 10.4. The zero-order valence-corrected chi connectivity index (χ0v) is 10.0. The third-order valence-corrected chi connectivity index (χ3v) is 2.60. The van der Waals surface area contributed by atoms with E-state index in [1.165, 1.54) is 12.7 Å². The minimum Gasteiger partial charge on any atom is -0.382 e. The molecule has 0 saturated carbocycles. The fraction of sp³-hybridized carbons (Fsp3) is 0.375. The lowest BCUT2D eigenvalue weighted by Gasteiger charge is -2.04. The maximum Gasteiger partial charge on any atom is 0.289 e. The van der Waals surface area contributed by atoms with Crippen molar-refractivity contribution in [2.45, 2.75) is 6.54 Å². The van der Waals surface area contributed by atoms with Gasteiger partial charge in [0.25, 0.3) is 10.1 Å². The van der Waals surface area contributed by atoms with Crippen LogP contribution in [0.1, 0.15) is 0 Å². The Morgan fingerprint density at radius 1 is 1.39 bits per heavy atom. The molecule has 0 fully saturated rings. The summed E-state index contributed by atoms with van der Waals surface area (Å²) < 4.78 is 35.8. The number of imidazole rings is 1. The van der Waals surface area contributed by atoms with Gasteiger partial charge >= 0.3 is 0 Å². The van der Waals surface area contributed by atoms with Crippen LogP contribution < -0.4 is 5.73 Å². The van der Waals surface area contributed by atoms with Crippen LogP contribution in [0.3, 0.4) is 0 Å². The molecule has 10 heteroatoms. The number of nitrogen functional groups attached to an aromatic ring is 1. The lowest BCUT2D eigenvalue weighted by molar-refractivity contribution is 0.161. The van der Waals surface area contributed by atoms with Crippen molar-refractivity contribution in [2.24, 2.45) is 0 Å². The predicted molar refractivity (Wildman–Crippen MR) is 62.1 cm³/mol. The van der Waals surface area contributed by atoms with Gasteiger partial charge in [0, 0.05) is 6.54 Å². The van der Waals surface area contributed by atoms with Crippen molar-refractivity contribution in [1.29, 1.82) is 0 Å². The highest BCUT2D eigenvalue weighted by molar-refractivity contribution is 7.85. The third-order valence-electron chi connectivity index (χ3n) is 2.14. The Balaban J connectivity index is 2.02. The molecule has 0 bridgehead atoms. The Kier molecular flexibility index (Phi) is 3.41. The SMILES string of the molecule is Nc1ncnc2c1ncn2CCOCS(=O)(=O)O. The summed E-state index contributed by atoms with van der Waals surface area (Å²) in [4.78, 5) is 11.8. The Hall–Kier alpha value is -1.78. The van der Waals surface area contributed by atoms with Gasteiger partial charge in [0.2, 0.25) is 0 Å². The van der Waals surface area contributed by atoms with E-state index < -0.39 is 16.1 Å². The molecule has 0 aliphatic rings. The topological polar surface area (TPSA) is 133 Å². The summed E-state index contributed by atoms with van der Waals surface area (Å²) in [5.41, 5.74) is 6.63. The van der Waals surface area contributed by atoms with Crippen molar-refractivity contribution in [3.63, 3.8) is 0 Å². The number of ether oxygens (including phenoxy) is 1. The Labute approximate surface area is 102 Å². The summed E-state index contributed by atoms with van der Waals surface area (Å²) in [7, 11) is -4.11. The van der Waals surface area contributed by atoms with Gasteiger partial charge < -0.3 is 15.0 Å². The highest BCUT2D eigenvalue weighted by atomic mass is 32.2. The Bertz CT molecular complexity index is 653. The molecule has 18 heavy (non-hydrogen) atoms. The molecule has 0 aromatic carbocycles. The smallest absolute Gasteiger partial charge is 0.289 e. The van der Waals surface area contributed by atoms with Gasteiger partial charge in [-0.25, -0.2) is 15.0 Å². The molecule has 0 aliphatic carbocycles. The van der Waals surface area contributed by atoms with Gasteiger partial charge in [-0.1, -0.05) is 0 Å². The number of hydrogen-bond donors (Lipinski definition) is 2. The summed E-state index contributed by atoms with van der Waals surface area (Å²) in [5.74, 6) is -0.464. The number of nitrogens with zero attached hydrogens (tertiary/aromatic N) is 4. The summed E-state index contributed by atoms with van der Waals surface area (Å²) in [6.45, 7) is 0.428. The van der Waals surface area contributed by atoms with E-state index in [4.69, 9.17) is 15.0 Å². The first-order valence-corrected chi connectivity index (χ1v) is 6.52. The van der Waals surface area contributed by atoms with E-state index in [-0.39, 0.29) is 12.4 Å². The van der Waals surface area contributed by atoms with Crippen LogP contribution in [0.15, 0.2) is 12.7 Å². The average Bonchev–Trinajstić information content (AvgIpc) is 2.68. The quantitative estimate of drug-likeness (QED) is 0.538. The highest BCUT2D eigenvalue weighted by Gasteiger charge is 2.08. The first-order chi connectivity index (χ1) is 8.47. The van der Waals surface area contributed by atoms with Gasteiger partial charge in [-0.2, -0.15) is 8.42 Å². The molecule has 0 saturated heterocycles. The molecule has 0 unspecified atom stereocenters. The van der Waals surface area contributed by atoms with E-state index in [2.05, 4.69) is 15.0 Å². The van der Waals surface area contributed by atoms with Crippen molar-refractivity contribution >= 4 is 27.1 Å². The number of aromatic nitrogens is 4. The Morgan fingerprint density at radius 3 is 2.89 bits per heavy atom. The number of anilines is 1. The second-order valence-corrected chi connectivity index (χ2v) is 4.88. The third kappa shape index (κ3) is 2.91. The van der Waals surface area contributed by atoms with Crippen molar-refractivity contribution in [1.82, 2.24) is 19.5 Å². The van der Waals surface area contributed by atoms with Gasteiger partial charge in [-0.05, 0) is 0 Å². The van der Waals surface area contributed by atoms with Crippen molar-refractivity contribution in [3.05, 3.63) is 12.7 Å². The van der Waals surface area contributed by atoms with Crippen molar-refractivity contribution in [2.75, 3.05) is 18.3 Å². The molecule has 2 rings (SSSR count). The summed E-state index contributed by atoms with van der Waals surface area (Å²) in [5, 5.41) is 0. The zero-order chi connectivity index (χ0) is 13.2. The molecule has 98 valence electrons. The highest BCUT2D eigenvalue weighted by Crippen LogP contribution is 2.13.